The van der Waals surface area contributed by atoms with E-state index in [9.17, 15) is 0 Å². The van der Waals surface area contributed by atoms with Crippen LogP contribution in [0.2, 0.25) is 0 Å². The largest absolute Gasteiger partial charge is 0.369 e. The third kappa shape index (κ3) is 1.74. The molecule has 1 unspecified atom stereocenters. The lowest BCUT2D eigenvalue weighted by molar-refractivity contribution is 0.0772. The summed E-state index contributed by atoms with van der Waals surface area (Å²) >= 11 is 0. The predicted octanol–water partition coefficient (Wildman–Crippen LogP) is 1.32. The van der Waals surface area contributed by atoms with E-state index in [4.69, 9.17) is 4.74 Å². The van der Waals surface area contributed by atoms with Crippen molar-refractivity contribution in [3.8, 4) is 0 Å². The van der Waals surface area contributed by atoms with Gasteiger partial charge in [0.2, 0.25) is 0 Å². The molecule has 11 heavy (non-hydrogen) atoms. The van der Waals surface area contributed by atoms with Crippen LogP contribution in [0, 0.1) is 11.8 Å². The van der Waals surface area contributed by atoms with Crippen molar-refractivity contribution in [3.05, 3.63) is 0 Å². The second-order valence-electron chi connectivity index (χ2n) is 3.88. The van der Waals surface area contributed by atoms with E-state index < -0.39 is 0 Å². The summed E-state index contributed by atoms with van der Waals surface area (Å²) in [7, 11) is 1.78. The topological polar surface area (TPSA) is 12.5 Å². The summed E-state index contributed by atoms with van der Waals surface area (Å²) in [6.45, 7) is 3.39. The minimum atomic E-state index is 0.837. The van der Waals surface area contributed by atoms with Crippen molar-refractivity contribution in [1.29, 1.82) is 0 Å². The summed E-state index contributed by atoms with van der Waals surface area (Å²) in [5.41, 5.74) is 0. The zero-order valence-corrected chi connectivity index (χ0v) is 7.25. The van der Waals surface area contributed by atoms with Gasteiger partial charge in [-0.3, -0.25) is 4.90 Å². The lowest BCUT2D eigenvalue weighted by Gasteiger charge is -2.13. The molecule has 2 rings (SSSR count). The number of hydrogen-bond donors (Lipinski definition) is 0. The Labute approximate surface area is 68.5 Å². The Morgan fingerprint density at radius 2 is 2.09 bits per heavy atom. The smallest absolute Gasteiger partial charge is 0.0986 e. The van der Waals surface area contributed by atoms with Crippen LogP contribution in [0.1, 0.15) is 19.3 Å². The van der Waals surface area contributed by atoms with Crippen molar-refractivity contribution in [2.75, 3.05) is 26.9 Å². The average Bonchev–Trinajstić information content (AvgIpc) is 2.75. The number of hydrogen-bond acceptors (Lipinski definition) is 2. The monoisotopic (exact) mass is 155 g/mol. The summed E-state index contributed by atoms with van der Waals surface area (Å²) in [6, 6.07) is 0. The summed E-state index contributed by atoms with van der Waals surface area (Å²) < 4.78 is 5.10. The van der Waals surface area contributed by atoms with Gasteiger partial charge in [-0.1, -0.05) is 0 Å². The van der Waals surface area contributed by atoms with E-state index in [0.717, 1.165) is 18.6 Å². The van der Waals surface area contributed by atoms with Crippen molar-refractivity contribution in [2.45, 2.75) is 19.3 Å². The van der Waals surface area contributed by atoms with Crippen LogP contribution >= 0.6 is 0 Å². The molecular formula is C9H17NO. The normalized spacial score (nSPS) is 33.0. The van der Waals surface area contributed by atoms with E-state index in [1.54, 1.807) is 7.11 Å². The molecule has 2 nitrogen and oxygen atoms in total. The molecule has 1 atom stereocenters. The van der Waals surface area contributed by atoms with E-state index in [1.807, 2.05) is 0 Å². The lowest BCUT2D eigenvalue weighted by atomic mass is 10.0. The van der Waals surface area contributed by atoms with Crippen LogP contribution in [0.25, 0.3) is 0 Å². The molecule has 2 aliphatic rings. The van der Waals surface area contributed by atoms with E-state index in [2.05, 4.69) is 4.90 Å². The third-order valence-electron chi connectivity index (χ3n) is 2.91. The van der Waals surface area contributed by atoms with Gasteiger partial charge in [-0.05, 0) is 31.1 Å². The van der Waals surface area contributed by atoms with Gasteiger partial charge in [-0.15, -0.1) is 0 Å². The molecule has 0 radical (unpaired) electrons. The predicted molar refractivity (Wildman–Crippen MR) is 44.3 cm³/mol. The summed E-state index contributed by atoms with van der Waals surface area (Å²) in [6.07, 6.45) is 4.39. The molecule has 0 aromatic rings. The fourth-order valence-electron chi connectivity index (χ4n) is 2.11. The summed E-state index contributed by atoms with van der Waals surface area (Å²) in [5.74, 6) is 2.09. The first-order chi connectivity index (χ1) is 5.40. The number of likely N-dealkylation sites (tertiary alicyclic amines) is 1. The zero-order chi connectivity index (χ0) is 7.68. The molecule has 0 amide bonds. The molecule has 0 aromatic carbocycles. The minimum absolute atomic E-state index is 0.837. The maximum atomic E-state index is 5.10. The van der Waals surface area contributed by atoms with Gasteiger partial charge in [0.25, 0.3) is 0 Å². The van der Waals surface area contributed by atoms with Crippen LogP contribution < -0.4 is 0 Å². The molecule has 2 fully saturated rings. The van der Waals surface area contributed by atoms with Gasteiger partial charge < -0.3 is 4.74 Å². The van der Waals surface area contributed by atoms with Crippen LogP contribution in [0.4, 0.5) is 0 Å². The molecule has 1 heterocycles. The van der Waals surface area contributed by atoms with Crippen LogP contribution in [0.5, 0.6) is 0 Å². The molecule has 0 N–H and O–H groups in total. The van der Waals surface area contributed by atoms with Gasteiger partial charge >= 0.3 is 0 Å². The van der Waals surface area contributed by atoms with Gasteiger partial charge in [0.15, 0.2) is 0 Å². The number of methoxy groups -OCH3 is 1. The second kappa shape index (κ2) is 3.11. The van der Waals surface area contributed by atoms with Crippen LogP contribution in [0.3, 0.4) is 0 Å². The molecule has 1 saturated carbocycles. The first-order valence-corrected chi connectivity index (χ1v) is 4.61. The van der Waals surface area contributed by atoms with Crippen LogP contribution in [-0.4, -0.2) is 31.8 Å². The summed E-state index contributed by atoms with van der Waals surface area (Å²) in [5, 5.41) is 0. The van der Waals surface area contributed by atoms with Crippen LogP contribution in [0.15, 0.2) is 0 Å². The van der Waals surface area contributed by atoms with Crippen molar-refractivity contribution in [3.63, 3.8) is 0 Å². The second-order valence-corrected chi connectivity index (χ2v) is 3.88. The Kier molecular flexibility index (Phi) is 2.14. The highest BCUT2D eigenvalue weighted by Crippen LogP contribution is 2.41. The van der Waals surface area contributed by atoms with E-state index in [1.165, 1.54) is 32.4 Å². The molecule has 0 bridgehead atoms. The maximum absolute atomic E-state index is 5.10. The first kappa shape index (κ1) is 7.56. The van der Waals surface area contributed by atoms with Crippen LogP contribution in [-0.2, 0) is 4.74 Å². The SMILES string of the molecule is COCN1CCC(C2CC2)C1. The van der Waals surface area contributed by atoms with Gasteiger partial charge in [0.05, 0.1) is 6.73 Å². The zero-order valence-electron chi connectivity index (χ0n) is 7.25. The Hall–Kier alpha value is -0.0800. The van der Waals surface area contributed by atoms with Gasteiger partial charge in [0.1, 0.15) is 0 Å². The Morgan fingerprint density at radius 1 is 1.27 bits per heavy atom. The lowest BCUT2D eigenvalue weighted by Crippen LogP contribution is -2.23. The van der Waals surface area contributed by atoms with Gasteiger partial charge in [0, 0.05) is 20.2 Å². The van der Waals surface area contributed by atoms with Crippen molar-refractivity contribution < 1.29 is 4.74 Å². The fraction of sp³-hybridized carbons (Fsp3) is 1.00. The van der Waals surface area contributed by atoms with Crippen molar-refractivity contribution >= 4 is 0 Å². The molecule has 1 aliphatic heterocycles. The van der Waals surface area contributed by atoms with Gasteiger partial charge in [-0.25, -0.2) is 0 Å². The Bertz CT molecular complexity index is 134. The van der Waals surface area contributed by atoms with Gasteiger partial charge in [-0.2, -0.15) is 0 Å². The maximum Gasteiger partial charge on any atom is 0.0986 e. The van der Waals surface area contributed by atoms with Crippen molar-refractivity contribution in [2.24, 2.45) is 11.8 Å². The quantitative estimate of drug-likeness (QED) is 0.609. The standard InChI is InChI=1S/C9H17NO/c1-11-7-10-5-4-9(6-10)8-2-3-8/h8-9H,2-7H2,1H3. The van der Waals surface area contributed by atoms with E-state index in [0.29, 0.717) is 0 Å². The number of rotatable bonds is 3. The minimum Gasteiger partial charge on any atom is -0.369 e. The molecule has 64 valence electrons. The Morgan fingerprint density at radius 3 is 2.73 bits per heavy atom. The highest BCUT2D eigenvalue weighted by atomic mass is 16.5. The number of nitrogens with zero attached hydrogens (tertiary/aromatic N) is 1. The van der Waals surface area contributed by atoms with E-state index >= 15 is 0 Å². The highest BCUT2D eigenvalue weighted by molar-refractivity contribution is 4.87. The fourth-order valence-corrected chi connectivity index (χ4v) is 2.11. The van der Waals surface area contributed by atoms with E-state index in [-0.39, 0.29) is 0 Å². The number of ether oxygens (including phenoxy) is 1. The Balaban J connectivity index is 1.74. The third-order valence-corrected chi connectivity index (χ3v) is 2.91. The molecule has 0 aromatic heterocycles. The molecular weight excluding hydrogens is 138 g/mol. The highest BCUT2D eigenvalue weighted by Gasteiger charge is 2.35. The summed E-state index contributed by atoms with van der Waals surface area (Å²) in [4.78, 5) is 2.42. The molecule has 2 heteroatoms. The molecule has 1 aliphatic carbocycles. The first-order valence-electron chi connectivity index (χ1n) is 4.61. The average molecular weight is 155 g/mol. The van der Waals surface area contributed by atoms with Crippen molar-refractivity contribution in [1.82, 2.24) is 4.90 Å². The molecule has 0 spiro atoms. The molecule has 1 saturated heterocycles.